The molecule has 4 rings (SSSR count). The second-order valence-corrected chi connectivity index (χ2v) is 7.99. The fourth-order valence-electron chi connectivity index (χ4n) is 2.99. The number of anilines is 1. The Bertz CT molecular complexity index is 1120. The number of rotatable bonds is 4. The molecule has 6 nitrogen and oxygen atoms in total. The van der Waals surface area contributed by atoms with Crippen molar-refractivity contribution in [2.45, 2.75) is 19.1 Å². The summed E-state index contributed by atoms with van der Waals surface area (Å²) in [7, 11) is 0. The number of thiazole rings is 1. The maximum atomic E-state index is 14.5. The van der Waals surface area contributed by atoms with Gasteiger partial charge in [-0.15, -0.1) is 11.3 Å². The van der Waals surface area contributed by atoms with Crippen LogP contribution in [0.2, 0.25) is 10.0 Å². The van der Waals surface area contributed by atoms with E-state index in [1.807, 2.05) is 0 Å². The second-order valence-electron chi connectivity index (χ2n) is 6.06. The first kappa shape index (κ1) is 18.9. The molecular weight excluding hydrogens is 430 g/mol. The molecule has 1 aromatic heterocycles. The lowest BCUT2D eigenvalue weighted by Gasteiger charge is -2.33. The lowest BCUT2D eigenvalue weighted by Crippen LogP contribution is -2.46. The van der Waals surface area contributed by atoms with Crippen LogP contribution in [0.5, 0.6) is 5.75 Å². The van der Waals surface area contributed by atoms with E-state index in [1.165, 1.54) is 29.5 Å². The van der Waals surface area contributed by atoms with Crippen LogP contribution in [0.1, 0.15) is 11.4 Å². The first-order chi connectivity index (χ1) is 13.3. The van der Waals surface area contributed by atoms with E-state index in [2.05, 4.69) is 4.98 Å². The Morgan fingerprint density at radius 1 is 1.36 bits per heavy atom. The number of hydrogen-bond acceptors (Lipinski definition) is 5. The van der Waals surface area contributed by atoms with Gasteiger partial charge >= 0.3 is 5.97 Å². The summed E-state index contributed by atoms with van der Waals surface area (Å²) in [5, 5.41) is 10.4. The summed E-state index contributed by atoms with van der Waals surface area (Å²) in [6.45, 7) is -0.0560. The van der Waals surface area contributed by atoms with Crippen molar-refractivity contribution in [2.24, 2.45) is 0 Å². The molecule has 3 aromatic rings. The molecule has 28 heavy (non-hydrogen) atoms. The van der Waals surface area contributed by atoms with Gasteiger partial charge in [0.2, 0.25) is 0 Å². The fourth-order valence-corrected chi connectivity index (χ4v) is 4.53. The van der Waals surface area contributed by atoms with Gasteiger partial charge in [-0.1, -0.05) is 29.3 Å². The first-order valence-electron chi connectivity index (χ1n) is 8.06. The summed E-state index contributed by atoms with van der Waals surface area (Å²) in [4.78, 5) is 29.5. The van der Waals surface area contributed by atoms with Crippen LogP contribution < -0.4 is 9.64 Å². The van der Waals surface area contributed by atoms with Gasteiger partial charge in [-0.05, 0) is 24.3 Å². The zero-order valence-corrected chi connectivity index (χ0v) is 16.3. The van der Waals surface area contributed by atoms with E-state index in [-0.39, 0.29) is 18.0 Å². The molecule has 1 aliphatic rings. The molecule has 0 saturated heterocycles. The van der Waals surface area contributed by atoms with E-state index in [9.17, 15) is 14.0 Å². The SMILES string of the molecule is O=C(O)CC1Oc2cccc(F)c2N(Cc2nc3cc(Cl)cc(Cl)c3s2)C1=O. The molecular formula is C18H11Cl2FN2O4S. The van der Waals surface area contributed by atoms with E-state index in [4.69, 9.17) is 33.0 Å². The number of aliphatic carboxylic acids is 1. The maximum Gasteiger partial charge on any atom is 0.307 e. The molecule has 1 amide bonds. The van der Waals surface area contributed by atoms with Gasteiger partial charge < -0.3 is 9.84 Å². The Kier molecular flexibility index (Phi) is 4.86. The Morgan fingerprint density at radius 2 is 2.14 bits per heavy atom. The summed E-state index contributed by atoms with van der Waals surface area (Å²) < 4.78 is 20.6. The van der Waals surface area contributed by atoms with Gasteiger partial charge in [0, 0.05) is 5.02 Å². The van der Waals surface area contributed by atoms with Crippen molar-refractivity contribution in [1.82, 2.24) is 4.98 Å². The molecule has 1 N–H and O–H groups in total. The van der Waals surface area contributed by atoms with Crippen LogP contribution in [0.4, 0.5) is 10.1 Å². The van der Waals surface area contributed by atoms with Crippen LogP contribution in [-0.4, -0.2) is 28.1 Å². The van der Waals surface area contributed by atoms with E-state index >= 15 is 0 Å². The van der Waals surface area contributed by atoms with Crippen LogP contribution in [0.25, 0.3) is 10.2 Å². The van der Waals surface area contributed by atoms with Gasteiger partial charge in [0.15, 0.2) is 11.9 Å². The summed E-state index contributed by atoms with van der Waals surface area (Å²) >= 11 is 13.4. The van der Waals surface area contributed by atoms with Crippen molar-refractivity contribution in [3.63, 3.8) is 0 Å². The van der Waals surface area contributed by atoms with Gasteiger partial charge in [-0.25, -0.2) is 9.37 Å². The Hall–Kier alpha value is -2.42. The number of amides is 1. The molecule has 0 radical (unpaired) electrons. The number of carbonyl (C=O) groups excluding carboxylic acids is 1. The Balaban J connectivity index is 1.76. The standard InChI is InChI=1S/C18H11Cl2FN2O4S/c19-8-4-9(20)17-11(5-8)22-14(28-17)7-23-16-10(21)2-1-3-12(16)27-13(18(23)26)6-15(24)25/h1-5,13H,6-7H2,(H,24,25). The predicted octanol–water partition coefficient (Wildman–Crippen LogP) is 4.51. The van der Waals surface area contributed by atoms with Crippen molar-refractivity contribution in [3.05, 3.63) is 51.2 Å². The van der Waals surface area contributed by atoms with Crippen LogP contribution >= 0.6 is 34.5 Å². The number of nitrogens with zero attached hydrogens (tertiary/aromatic N) is 2. The van der Waals surface area contributed by atoms with Crippen LogP contribution in [0.3, 0.4) is 0 Å². The average Bonchev–Trinajstić information content (AvgIpc) is 3.01. The first-order valence-corrected chi connectivity index (χ1v) is 9.63. The number of benzene rings is 2. The van der Waals surface area contributed by atoms with E-state index in [0.717, 1.165) is 4.90 Å². The summed E-state index contributed by atoms with van der Waals surface area (Å²) in [5.41, 5.74) is 0.520. The minimum Gasteiger partial charge on any atom is -0.481 e. The molecule has 2 heterocycles. The minimum absolute atomic E-state index is 0.0440. The largest absolute Gasteiger partial charge is 0.481 e. The normalized spacial score (nSPS) is 16.2. The van der Waals surface area contributed by atoms with Gasteiger partial charge in [0.05, 0.1) is 28.2 Å². The molecule has 0 spiro atoms. The highest BCUT2D eigenvalue weighted by Gasteiger charge is 2.38. The van der Waals surface area contributed by atoms with Crippen LogP contribution in [0, 0.1) is 5.82 Å². The summed E-state index contributed by atoms with van der Waals surface area (Å²) in [6.07, 6.45) is -1.79. The lowest BCUT2D eigenvalue weighted by atomic mass is 10.1. The number of halogens is 3. The quantitative estimate of drug-likeness (QED) is 0.645. The number of para-hydroxylation sites is 1. The zero-order valence-electron chi connectivity index (χ0n) is 14.0. The molecule has 2 aromatic carbocycles. The zero-order chi connectivity index (χ0) is 20.0. The smallest absolute Gasteiger partial charge is 0.307 e. The van der Waals surface area contributed by atoms with Crippen molar-refractivity contribution in [3.8, 4) is 5.75 Å². The number of fused-ring (bicyclic) bond motifs is 2. The van der Waals surface area contributed by atoms with Crippen LogP contribution in [-0.2, 0) is 16.1 Å². The molecule has 10 heteroatoms. The second kappa shape index (κ2) is 7.20. The highest BCUT2D eigenvalue weighted by molar-refractivity contribution is 7.19. The van der Waals surface area contributed by atoms with Crippen LogP contribution in [0.15, 0.2) is 30.3 Å². The molecule has 0 bridgehead atoms. The van der Waals surface area contributed by atoms with Crippen molar-refractivity contribution >= 4 is 62.3 Å². The van der Waals surface area contributed by atoms with Gasteiger partial charge in [0.1, 0.15) is 16.4 Å². The van der Waals surface area contributed by atoms with E-state index in [1.54, 1.807) is 12.1 Å². The molecule has 144 valence electrons. The minimum atomic E-state index is -1.25. The molecule has 1 aliphatic heterocycles. The molecule has 0 saturated carbocycles. The predicted molar refractivity (Wildman–Crippen MR) is 104 cm³/mol. The number of carboxylic acid groups (broad SMARTS) is 1. The topological polar surface area (TPSA) is 79.7 Å². The molecule has 0 fully saturated rings. The Morgan fingerprint density at radius 3 is 2.89 bits per heavy atom. The highest BCUT2D eigenvalue weighted by atomic mass is 35.5. The van der Waals surface area contributed by atoms with E-state index < -0.39 is 30.2 Å². The highest BCUT2D eigenvalue weighted by Crippen LogP contribution is 2.39. The number of carbonyl (C=O) groups is 2. The molecule has 1 unspecified atom stereocenters. The lowest BCUT2D eigenvalue weighted by molar-refractivity contribution is -0.142. The Labute approximate surface area is 172 Å². The van der Waals surface area contributed by atoms with Crippen molar-refractivity contribution in [2.75, 3.05) is 4.90 Å². The maximum absolute atomic E-state index is 14.5. The number of ether oxygens (including phenoxy) is 1. The van der Waals surface area contributed by atoms with Gasteiger partial charge in [-0.3, -0.25) is 14.5 Å². The monoisotopic (exact) mass is 440 g/mol. The summed E-state index contributed by atoms with van der Waals surface area (Å²) in [5.74, 6) is -2.39. The summed E-state index contributed by atoms with van der Waals surface area (Å²) in [6, 6.07) is 7.35. The number of aromatic nitrogens is 1. The third-order valence-corrected chi connectivity index (χ3v) is 5.86. The third-order valence-electron chi connectivity index (χ3n) is 4.14. The average molecular weight is 441 g/mol. The van der Waals surface area contributed by atoms with E-state index in [0.29, 0.717) is 25.3 Å². The third kappa shape index (κ3) is 3.39. The van der Waals surface area contributed by atoms with Gasteiger partial charge in [-0.2, -0.15) is 0 Å². The molecule has 1 atom stereocenters. The molecule has 0 aliphatic carbocycles. The van der Waals surface area contributed by atoms with Crippen molar-refractivity contribution in [1.29, 1.82) is 0 Å². The number of hydrogen-bond donors (Lipinski definition) is 1. The van der Waals surface area contributed by atoms with Gasteiger partial charge in [0.25, 0.3) is 5.91 Å². The fraction of sp³-hybridized carbons (Fsp3) is 0.167. The van der Waals surface area contributed by atoms with Crippen molar-refractivity contribution < 1.29 is 23.8 Å². The number of carboxylic acids is 1.